The van der Waals surface area contributed by atoms with Gasteiger partial charge in [-0.3, -0.25) is 14.3 Å². The fraction of sp³-hybridized carbons (Fsp3) is 0.100. The summed E-state index contributed by atoms with van der Waals surface area (Å²) in [5.41, 5.74) is -1.51. The van der Waals surface area contributed by atoms with Crippen LogP contribution in [-0.4, -0.2) is 20.4 Å². The van der Waals surface area contributed by atoms with Crippen molar-refractivity contribution in [2.45, 2.75) is 6.18 Å². The summed E-state index contributed by atoms with van der Waals surface area (Å²) >= 11 is 0. The number of pyridine rings is 1. The van der Waals surface area contributed by atoms with Crippen LogP contribution < -0.4 is 0 Å². The molecule has 0 amide bonds. The highest BCUT2D eigenvalue weighted by molar-refractivity contribution is 5.97. The zero-order valence-electron chi connectivity index (χ0n) is 8.35. The van der Waals surface area contributed by atoms with Crippen LogP contribution in [0.25, 0.3) is 0 Å². The van der Waals surface area contributed by atoms with E-state index in [0.29, 0.717) is 0 Å². The second kappa shape index (κ2) is 4.00. The number of imidazole rings is 1. The Morgan fingerprint density at radius 1 is 1.24 bits per heavy atom. The van der Waals surface area contributed by atoms with Crippen molar-refractivity contribution in [2.24, 2.45) is 0 Å². The third-order valence-corrected chi connectivity index (χ3v) is 2.10. The van der Waals surface area contributed by atoms with Crippen LogP contribution in [0.1, 0.15) is 15.9 Å². The fourth-order valence-electron chi connectivity index (χ4n) is 1.33. The monoisotopic (exact) mass is 241 g/mol. The Morgan fingerprint density at radius 2 is 2.00 bits per heavy atom. The first-order chi connectivity index (χ1) is 8.00. The van der Waals surface area contributed by atoms with Gasteiger partial charge in [0, 0.05) is 24.8 Å². The number of aromatic nitrogens is 3. The molecule has 0 atom stereocenters. The molecule has 4 nitrogen and oxygen atoms in total. The van der Waals surface area contributed by atoms with E-state index >= 15 is 0 Å². The maximum Gasteiger partial charge on any atom is 0.417 e. The number of rotatable bonds is 1. The van der Waals surface area contributed by atoms with Gasteiger partial charge in [-0.05, 0) is 6.07 Å². The minimum absolute atomic E-state index is 0.502. The minimum Gasteiger partial charge on any atom is -0.272 e. The van der Waals surface area contributed by atoms with Crippen molar-refractivity contribution >= 4 is 5.91 Å². The molecule has 88 valence electrons. The Balaban J connectivity index is 2.50. The second-order valence-corrected chi connectivity index (χ2v) is 3.19. The van der Waals surface area contributed by atoms with Crippen molar-refractivity contribution in [3.8, 4) is 0 Å². The maximum absolute atomic E-state index is 12.6. The quantitative estimate of drug-likeness (QED) is 0.767. The van der Waals surface area contributed by atoms with E-state index in [-0.39, 0.29) is 0 Å². The van der Waals surface area contributed by atoms with E-state index in [2.05, 4.69) is 9.97 Å². The van der Waals surface area contributed by atoms with Crippen LogP contribution >= 0.6 is 0 Å². The minimum atomic E-state index is -4.59. The van der Waals surface area contributed by atoms with Gasteiger partial charge in [0.1, 0.15) is 6.33 Å². The van der Waals surface area contributed by atoms with Crippen LogP contribution in [0.4, 0.5) is 13.2 Å². The standard InChI is InChI=1S/C10H6F3N3O/c11-10(12,13)8-1-2-14-5-7(8)9(17)16-4-3-15-6-16/h1-6H. The molecular formula is C10H6F3N3O. The van der Waals surface area contributed by atoms with Gasteiger partial charge in [0.2, 0.25) is 0 Å². The van der Waals surface area contributed by atoms with Crippen molar-refractivity contribution in [3.05, 3.63) is 48.3 Å². The smallest absolute Gasteiger partial charge is 0.272 e. The lowest BCUT2D eigenvalue weighted by molar-refractivity contribution is -0.138. The van der Waals surface area contributed by atoms with E-state index in [1.54, 1.807) is 0 Å². The van der Waals surface area contributed by atoms with Crippen molar-refractivity contribution in [1.29, 1.82) is 0 Å². The van der Waals surface area contributed by atoms with E-state index in [4.69, 9.17) is 0 Å². The van der Waals surface area contributed by atoms with Gasteiger partial charge >= 0.3 is 6.18 Å². The van der Waals surface area contributed by atoms with Crippen LogP contribution in [0.5, 0.6) is 0 Å². The molecule has 0 unspecified atom stereocenters. The van der Waals surface area contributed by atoms with Crippen molar-refractivity contribution in [1.82, 2.24) is 14.5 Å². The topological polar surface area (TPSA) is 47.8 Å². The molecule has 0 bridgehead atoms. The summed E-state index contributed by atoms with van der Waals surface area (Å²) in [5, 5.41) is 0. The molecule has 0 spiro atoms. The van der Waals surface area contributed by atoms with Crippen molar-refractivity contribution < 1.29 is 18.0 Å². The Kier molecular flexibility index (Phi) is 2.66. The number of carbonyl (C=O) groups excluding carboxylic acids is 1. The summed E-state index contributed by atoms with van der Waals surface area (Å²) in [4.78, 5) is 18.9. The van der Waals surface area contributed by atoms with Crippen LogP contribution in [0.2, 0.25) is 0 Å². The highest BCUT2D eigenvalue weighted by Gasteiger charge is 2.35. The Labute approximate surface area is 93.7 Å². The zero-order chi connectivity index (χ0) is 12.5. The van der Waals surface area contributed by atoms with Gasteiger partial charge in [-0.25, -0.2) is 4.98 Å². The van der Waals surface area contributed by atoms with Gasteiger partial charge in [0.05, 0.1) is 11.1 Å². The van der Waals surface area contributed by atoms with E-state index < -0.39 is 23.2 Å². The Bertz CT molecular complexity index is 534. The third kappa shape index (κ3) is 2.17. The summed E-state index contributed by atoms with van der Waals surface area (Å²) in [5.74, 6) is -0.817. The number of alkyl halides is 3. The first-order valence-corrected chi connectivity index (χ1v) is 4.54. The molecule has 0 aromatic carbocycles. The molecule has 0 aliphatic carbocycles. The average molecular weight is 241 g/mol. The van der Waals surface area contributed by atoms with Crippen molar-refractivity contribution in [2.75, 3.05) is 0 Å². The lowest BCUT2D eigenvalue weighted by Crippen LogP contribution is -2.17. The normalized spacial score (nSPS) is 11.5. The summed E-state index contributed by atoms with van der Waals surface area (Å²) in [6, 6.07) is 0.768. The molecule has 0 aliphatic heterocycles. The van der Waals surface area contributed by atoms with Crippen LogP contribution in [-0.2, 0) is 6.18 Å². The Morgan fingerprint density at radius 3 is 2.59 bits per heavy atom. The number of hydrogen-bond donors (Lipinski definition) is 0. The van der Waals surface area contributed by atoms with E-state index in [1.807, 2.05) is 0 Å². The molecule has 0 N–H and O–H groups in total. The van der Waals surface area contributed by atoms with E-state index in [0.717, 1.165) is 29.4 Å². The summed E-state index contributed by atoms with van der Waals surface area (Å²) in [6.07, 6.45) is 1.01. The predicted molar refractivity (Wildman–Crippen MR) is 51.2 cm³/mol. The highest BCUT2D eigenvalue weighted by Crippen LogP contribution is 2.31. The molecule has 0 radical (unpaired) electrons. The van der Waals surface area contributed by atoms with Crippen LogP contribution in [0.15, 0.2) is 37.2 Å². The maximum atomic E-state index is 12.6. The van der Waals surface area contributed by atoms with Gasteiger partial charge in [0.25, 0.3) is 5.91 Å². The van der Waals surface area contributed by atoms with E-state index in [9.17, 15) is 18.0 Å². The molecule has 17 heavy (non-hydrogen) atoms. The fourth-order valence-corrected chi connectivity index (χ4v) is 1.33. The third-order valence-electron chi connectivity index (χ3n) is 2.10. The largest absolute Gasteiger partial charge is 0.417 e. The molecular weight excluding hydrogens is 235 g/mol. The molecule has 2 aromatic heterocycles. The van der Waals surface area contributed by atoms with E-state index in [1.165, 1.54) is 12.4 Å². The number of carbonyl (C=O) groups is 1. The van der Waals surface area contributed by atoms with Crippen molar-refractivity contribution in [3.63, 3.8) is 0 Å². The number of halogens is 3. The second-order valence-electron chi connectivity index (χ2n) is 3.19. The summed E-state index contributed by atoms with van der Waals surface area (Å²) in [6.45, 7) is 0. The molecule has 2 rings (SSSR count). The van der Waals surface area contributed by atoms with Gasteiger partial charge < -0.3 is 0 Å². The van der Waals surface area contributed by atoms with Gasteiger partial charge in [-0.2, -0.15) is 13.2 Å². The lowest BCUT2D eigenvalue weighted by atomic mass is 10.1. The average Bonchev–Trinajstić information content (AvgIpc) is 2.80. The Hall–Kier alpha value is -2.18. The number of nitrogens with zero attached hydrogens (tertiary/aromatic N) is 3. The summed E-state index contributed by atoms with van der Waals surface area (Å²) < 4.78 is 38.9. The van der Waals surface area contributed by atoms with Gasteiger partial charge in [0.15, 0.2) is 0 Å². The van der Waals surface area contributed by atoms with Gasteiger partial charge in [-0.15, -0.1) is 0 Å². The molecule has 0 fully saturated rings. The lowest BCUT2D eigenvalue weighted by Gasteiger charge is -2.10. The molecule has 2 aromatic rings. The number of hydrogen-bond acceptors (Lipinski definition) is 3. The summed E-state index contributed by atoms with van der Waals surface area (Å²) in [7, 11) is 0. The SMILES string of the molecule is O=C(c1cnccc1C(F)(F)F)n1ccnc1. The molecule has 7 heteroatoms. The van der Waals surface area contributed by atoms with Gasteiger partial charge in [-0.1, -0.05) is 0 Å². The zero-order valence-corrected chi connectivity index (χ0v) is 8.35. The highest BCUT2D eigenvalue weighted by atomic mass is 19.4. The van der Waals surface area contributed by atoms with Crippen LogP contribution in [0, 0.1) is 0 Å². The molecule has 0 saturated carbocycles. The molecule has 0 saturated heterocycles. The molecule has 2 heterocycles. The first-order valence-electron chi connectivity index (χ1n) is 4.54. The molecule has 0 aliphatic rings. The predicted octanol–water partition coefficient (Wildman–Crippen LogP) is 1.99. The van der Waals surface area contributed by atoms with Crippen LogP contribution in [0.3, 0.4) is 0 Å². The first kappa shape index (κ1) is 11.3.